The highest BCUT2D eigenvalue weighted by Crippen LogP contribution is 2.12. The highest BCUT2D eigenvalue weighted by Gasteiger charge is 2.11. The van der Waals surface area contributed by atoms with Crippen molar-refractivity contribution in [1.29, 1.82) is 0 Å². The van der Waals surface area contributed by atoms with E-state index >= 15 is 0 Å². The average molecular weight is 240 g/mol. The molecule has 0 aromatic carbocycles. The second-order valence-electron chi connectivity index (χ2n) is 4.04. The van der Waals surface area contributed by atoms with Gasteiger partial charge >= 0.3 is 0 Å². The number of aryl methyl sites for hydroxylation is 2. The van der Waals surface area contributed by atoms with E-state index in [1.165, 1.54) is 0 Å². The molecule has 0 saturated heterocycles. The molecule has 2 aromatic heterocycles. The van der Waals surface area contributed by atoms with Gasteiger partial charge in [-0.3, -0.25) is 9.36 Å². The molecule has 2 rings (SSSR count). The molecule has 2 aromatic rings. The van der Waals surface area contributed by atoms with Crippen LogP contribution >= 0.6 is 0 Å². The second kappa shape index (κ2) is 4.65. The van der Waals surface area contributed by atoms with Crippen LogP contribution in [-0.4, -0.2) is 26.0 Å². The molecule has 6 heteroatoms. The Bertz CT molecular complexity index is 501. The van der Waals surface area contributed by atoms with Crippen LogP contribution in [0.4, 0.5) is 8.78 Å². The Morgan fingerprint density at radius 2 is 2.12 bits per heavy atom. The molecule has 0 N–H and O–H groups in total. The lowest BCUT2D eigenvalue weighted by Gasteiger charge is -1.97. The van der Waals surface area contributed by atoms with E-state index in [0.29, 0.717) is 12.1 Å². The van der Waals surface area contributed by atoms with Gasteiger partial charge in [0.1, 0.15) is 0 Å². The molecular formula is C11H14F2N4. The topological polar surface area (TPSA) is 35.6 Å². The summed E-state index contributed by atoms with van der Waals surface area (Å²) >= 11 is 0. The van der Waals surface area contributed by atoms with Gasteiger partial charge in [-0.15, -0.1) is 0 Å². The number of nitrogens with zero attached hydrogens (tertiary/aromatic N) is 4. The summed E-state index contributed by atoms with van der Waals surface area (Å²) in [5.74, 6) is 0. The molecular weight excluding hydrogens is 226 g/mol. The standard InChI is InChI=1S/C11H14F2N4/c1-16-7-8(6-14-16)3-10-4-9(5-11(12)13)15-17(10)2/h4,6-7,11H,3,5H2,1-2H3. The van der Waals surface area contributed by atoms with Crippen LogP contribution in [0.1, 0.15) is 17.0 Å². The molecule has 0 amide bonds. The molecule has 17 heavy (non-hydrogen) atoms. The third kappa shape index (κ3) is 2.89. The van der Waals surface area contributed by atoms with Crippen LogP contribution in [0.25, 0.3) is 0 Å². The van der Waals surface area contributed by atoms with Crippen molar-refractivity contribution < 1.29 is 8.78 Å². The fourth-order valence-electron chi connectivity index (χ4n) is 1.77. The molecule has 0 aliphatic heterocycles. The van der Waals surface area contributed by atoms with E-state index in [1.54, 1.807) is 28.7 Å². The molecule has 0 fully saturated rings. The third-order valence-corrected chi connectivity index (χ3v) is 2.53. The van der Waals surface area contributed by atoms with Gasteiger partial charge < -0.3 is 0 Å². The van der Waals surface area contributed by atoms with E-state index in [1.807, 2.05) is 13.2 Å². The average Bonchev–Trinajstić information content (AvgIpc) is 2.74. The van der Waals surface area contributed by atoms with E-state index in [0.717, 1.165) is 11.3 Å². The SMILES string of the molecule is Cn1cc(Cc2cc(CC(F)F)nn2C)cn1. The fraction of sp³-hybridized carbons (Fsp3) is 0.455. The van der Waals surface area contributed by atoms with Crippen LogP contribution in [-0.2, 0) is 26.9 Å². The Morgan fingerprint density at radius 1 is 1.35 bits per heavy atom. The highest BCUT2D eigenvalue weighted by molar-refractivity contribution is 5.19. The van der Waals surface area contributed by atoms with Gasteiger partial charge in [-0.2, -0.15) is 10.2 Å². The predicted octanol–water partition coefficient (Wildman–Crippen LogP) is 1.55. The summed E-state index contributed by atoms with van der Waals surface area (Å²) in [5.41, 5.74) is 2.38. The Hall–Kier alpha value is -1.72. The summed E-state index contributed by atoms with van der Waals surface area (Å²) < 4.78 is 27.8. The smallest absolute Gasteiger partial charge is 0.244 e. The van der Waals surface area contributed by atoms with Crippen LogP contribution in [0.15, 0.2) is 18.5 Å². The number of aromatic nitrogens is 4. The van der Waals surface area contributed by atoms with Crippen LogP contribution in [0.2, 0.25) is 0 Å². The first-order valence-corrected chi connectivity index (χ1v) is 5.32. The van der Waals surface area contributed by atoms with Gasteiger partial charge in [-0.1, -0.05) is 0 Å². The Balaban J connectivity index is 2.13. The largest absolute Gasteiger partial charge is 0.276 e. The first-order chi connectivity index (χ1) is 8.04. The normalized spacial score (nSPS) is 11.4. The molecule has 0 spiro atoms. The van der Waals surface area contributed by atoms with Gasteiger partial charge in [0.25, 0.3) is 0 Å². The van der Waals surface area contributed by atoms with Gasteiger partial charge in [-0.25, -0.2) is 8.78 Å². The maximum atomic E-state index is 12.2. The lowest BCUT2D eigenvalue weighted by atomic mass is 10.2. The fourth-order valence-corrected chi connectivity index (χ4v) is 1.77. The number of hydrogen-bond donors (Lipinski definition) is 0. The van der Waals surface area contributed by atoms with Crippen molar-refractivity contribution in [2.75, 3.05) is 0 Å². The maximum absolute atomic E-state index is 12.2. The minimum absolute atomic E-state index is 0.291. The zero-order valence-corrected chi connectivity index (χ0v) is 9.77. The molecule has 92 valence electrons. The van der Waals surface area contributed by atoms with E-state index < -0.39 is 6.43 Å². The Kier molecular flexibility index (Phi) is 3.21. The third-order valence-electron chi connectivity index (χ3n) is 2.53. The monoisotopic (exact) mass is 240 g/mol. The second-order valence-corrected chi connectivity index (χ2v) is 4.04. The lowest BCUT2D eigenvalue weighted by molar-refractivity contribution is 0.147. The van der Waals surface area contributed by atoms with E-state index in [-0.39, 0.29) is 6.42 Å². The van der Waals surface area contributed by atoms with Crippen molar-refractivity contribution in [1.82, 2.24) is 19.6 Å². The van der Waals surface area contributed by atoms with Crippen LogP contribution < -0.4 is 0 Å². The van der Waals surface area contributed by atoms with Crippen molar-refractivity contribution in [2.24, 2.45) is 14.1 Å². The number of alkyl halides is 2. The first-order valence-electron chi connectivity index (χ1n) is 5.32. The summed E-state index contributed by atoms with van der Waals surface area (Å²) in [6.07, 6.45) is 1.68. The van der Waals surface area contributed by atoms with E-state index in [4.69, 9.17) is 0 Å². The lowest BCUT2D eigenvalue weighted by Crippen LogP contribution is -2.00. The molecule has 4 nitrogen and oxygen atoms in total. The van der Waals surface area contributed by atoms with Gasteiger partial charge in [0.15, 0.2) is 0 Å². The van der Waals surface area contributed by atoms with Crippen molar-refractivity contribution in [2.45, 2.75) is 19.3 Å². The predicted molar refractivity (Wildman–Crippen MR) is 58.9 cm³/mol. The molecule has 0 saturated carbocycles. The van der Waals surface area contributed by atoms with Crippen LogP contribution in [0.3, 0.4) is 0 Å². The number of hydrogen-bond acceptors (Lipinski definition) is 2. The summed E-state index contributed by atoms with van der Waals surface area (Å²) in [6.45, 7) is 0. The number of rotatable bonds is 4. The summed E-state index contributed by atoms with van der Waals surface area (Å²) in [7, 11) is 3.61. The molecule has 0 bridgehead atoms. The molecule has 0 atom stereocenters. The van der Waals surface area contributed by atoms with Crippen molar-refractivity contribution >= 4 is 0 Å². The Labute approximate surface area is 97.9 Å². The molecule has 0 aliphatic rings. The van der Waals surface area contributed by atoms with Gasteiger partial charge in [-0.05, 0) is 11.6 Å². The quantitative estimate of drug-likeness (QED) is 0.813. The summed E-state index contributed by atoms with van der Waals surface area (Å²) in [5, 5.41) is 8.13. The van der Waals surface area contributed by atoms with Gasteiger partial charge in [0.2, 0.25) is 6.43 Å². The van der Waals surface area contributed by atoms with Gasteiger partial charge in [0.05, 0.1) is 18.3 Å². The zero-order chi connectivity index (χ0) is 12.4. The number of halogens is 2. The van der Waals surface area contributed by atoms with E-state index in [9.17, 15) is 8.78 Å². The maximum Gasteiger partial charge on any atom is 0.244 e. The minimum Gasteiger partial charge on any atom is -0.276 e. The summed E-state index contributed by atoms with van der Waals surface area (Å²) in [4.78, 5) is 0. The summed E-state index contributed by atoms with van der Waals surface area (Å²) in [6, 6.07) is 1.72. The van der Waals surface area contributed by atoms with Crippen molar-refractivity contribution in [3.63, 3.8) is 0 Å². The molecule has 2 heterocycles. The van der Waals surface area contributed by atoms with Crippen molar-refractivity contribution in [3.8, 4) is 0 Å². The molecule has 0 radical (unpaired) electrons. The van der Waals surface area contributed by atoms with Crippen LogP contribution in [0, 0.1) is 0 Å². The van der Waals surface area contributed by atoms with Crippen LogP contribution in [0.5, 0.6) is 0 Å². The van der Waals surface area contributed by atoms with Gasteiger partial charge in [0, 0.05) is 32.4 Å². The molecule has 0 unspecified atom stereocenters. The first kappa shape index (κ1) is 11.8. The minimum atomic E-state index is -2.35. The zero-order valence-electron chi connectivity index (χ0n) is 9.77. The Morgan fingerprint density at radius 3 is 2.71 bits per heavy atom. The van der Waals surface area contributed by atoms with Crippen molar-refractivity contribution in [3.05, 3.63) is 35.4 Å². The molecule has 0 aliphatic carbocycles. The highest BCUT2D eigenvalue weighted by atomic mass is 19.3. The van der Waals surface area contributed by atoms with E-state index in [2.05, 4.69) is 10.2 Å².